The van der Waals surface area contributed by atoms with Crippen LogP contribution in [0.1, 0.15) is 19.3 Å². The molecule has 2 N–H and O–H groups in total. The van der Waals surface area contributed by atoms with E-state index in [0.29, 0.717) is 47.1 Å². The number of amides is 1. The summed E-state index contributed by atoms with van der Waals surface area (Å²) in [5.74, 6) is 0.261. The Hall–Kier alpha value is -0.430. The van der Waals surface area contributed by atoms with Gasteiger partial charge in [0, 0.05) is 25.8 Å². The second-order valence-electron chi connectivity index (χ2n) is 5.58. The zero-order chi connectivity index (χ0) is 17.5. The zero-order valence-electron chi connectivity index (χ0n) is 13.7. The number of carbonyl (C=O) groups excluding carboxylic acids is 1. The number of piperidine rings is 1. The van der Waals surface area contributed by atoms with E-state index < -0.39 is 0 Å². The second-order valence-corrected chi connectivity index (χ2v) is 6.80. The standard InChI is InChI=1S/C16H21Cl3N2O3.ClH/c17-12-8-14(19)15(9-13(12)18)24-10-16(22)21-5-2-11(3-6-21)23-7-1-4-20;/h8-9,11H,1-7,10,20H2;1H. The molecule has 9 heteroatoms. The molecule has 1 amide bonds. The molecule has 0 atom stereocenters. The number of hydrogen-bond acceptors (Lipinski definition) is 4. The van der Waals surface area contributed by atoms with Crippen LogP contribution >= 0.6 is 47.2 Å². The van der Waals surface area contributed by atoms with Crippen LogP contribution in [0, 0.1) is 0 Å². The Kier molecular flexibility index (Phi) is 10.2. The highest BCUT2D eigenvalue weighted by Gasteiger charge is 2.23. The third kappa shape index (κ3) is 7.00. The molecule has 0 unspecified atom stereocenters. The summed E-state index contributed by atoms with van der Waals surface area (Å²) in [5, 5.41) is 1.00. The maximum Gasteiger partial charge on any atom is 0.260 e. The molecule has 142 valence electrons. The summed E-state index contributed by atoms with van der Waals surface area (Å²) in [4.78, 5) is 14.0. The summed E-state index contributed by atoms with van der Waals surface area (Å²) in [6.45, 7) is 2.53. The van der Waals surface area contributed by atoms with Crippen molar-refractivity contribution in [3.05, 3.63) is 27.2 Å². The van der Waals surface area contributed by atoms with Gasteiger partial charge in [-0.2, -0.15) is 0 Å². The summed E-state index contributed by atoms with van der Waals surface area (Å²) < 4.78 is 11.2. The van der Waals surface area contributed by atoms with Gasteiger partial charge in [0.2, 0.25) is 0 Å². The Morgan fingerprint density at radius 1 is 1.16 bits per heavy atom. The Morgan fingerprint density at radius 2 is 1.80 bits per heavy atom. The Morgan fingerprint density at radius 3 is 2.44 bits per heavy atom. The minimum absolute atomic E-state index is 0. The number of benzene rings is 1. The van der Waals surface area contributed by atoms with Crippen LogP contribution in [0.3, 0.4) is 0 Å². The Balaban J connectivity index is 0.00000312. The van der Waals surface area contributed by atoms with Gasteiger partial charge in [-0.3, -0.25) is 4.79 Å². The van der Waals surface area contributed by atoms with Crippen molar-refractivity contribution < 1.29 is 14.3 Å². The lowest BCUT2D eigenvalue weighted by atomic mass is 10.1. The monoisotopic (exact) mass is 430 g/mol. The molecule has 1 aromatic rings. The zero-order valence-corrected chi connectivity index (χ0v) is 16.8. The predicted octanol–water partition coefficient (Wildman–Crippen LogP) is 3.80. The minimum atomic E-state index is -0.0869. The van der Waals surface area contributed by atoms with Crippen molar-refractivity contribution in [2.45, 2.75) is 25.4 Å². The van der Waals surface area contributed by atoms with Crippen molar-refractivity contribution in [1.29, 1.82) is 0 Å². The van der Waals surface area contributed by atoms with E-state index in [9.17, 15) is 4.79 Å². The van der Waals surface area contributed by atoms with Crippen molar-refractivity contribution in [2.24, 2.45) is 5.73 Å². The fourth-order valence-electron chi connectivity index (χ4n) is 2.45. The summed E-state index contributed by atoms with van der Waals surface area (Å²) in [5.41, 5.74) is 5.44. The maximum absolute atomic E-state index is 12.2. The van der Waals surface area contributed by atoms with Crippen molar-refractivity contribution in [1.82, 2.24) is 4.90 Å². The first kappa shape index (κ1) is 22.6. The second kappa shape index (κ2) is 11.3. The van der Waals surface area contributed by atoms with Gasteiger partial charge in [-0.05, 0) is 31.9 Å². The molecule has 2 rings (SSSR count). The van der Waals surface area contributed by atoms with E-state index in [-0.39, 0.29) is 31.0 Å². The summed E-state index contributed by atoms with van der Waals surface area (Å²) >= 11 is 17.8. The number of halogens is 4. The highest BCUT2D eigenvalue weighted by Crippen LogP contribution is 2.33. The molecule has 1 aromatic carbocycles. The van der Waals surface area contributed by atoms with Crippen LogP contribution in [-0.4, -0.2) is 49.8 Å². The predicted molar refractivity (Wildman–Crippen MR) is 103 cm³/mol. The van der Waals surface area contributed by atoms with Crippen molar-refractivity contribution in [2.75, 3.05) is 32.8 Å². The van der Waals surface area contributed by atoms with Crippen LogP contribution in [0.5, 0.6) is 5.75 Å². The quantitative estimate of drug-likeness (QED) is 0.526. The highest BCUT2D eigenvalue weighted by atomic mass is 35.5. The third-order valence-corrected chi connectivity index (χ3v) is 4.84. The van der Waals surface area contributed by atoms with Gasteiger partial charge in [0.1, 0.15) is 5.75 Å². The number of rotatable bonds is 7. The van der Waals surface area contributed by atoms with Gasteiger partial charge >= 0.3 is 0 Å². The average molecular weight is 432 g/mol. The van der Waals surface area contributed by atoms with Gasteiger partial charge < -0.3 is 20.1 Å². The molecule has 0 aliphatic carbocycles. The number of ether oxygens (including phenoxy) is 2. The lowest BCUT2D eigenvalue weighted by Gasteiger charge is -2.32. The molecular formula is C16H22Cl4N2O3. The SMILES string of the molecule is Cl.NCCCOC1CCN(C(=O)COc2cc(Cl)c(Cl)cc2Cl)CC1. The molecule has 1 aliphatic rings. The number of nitrogens with zero attached hydrogens (tertiary/aromatic N) is 1. The molecule has 1 fully saturated rings. The van der Waals surface area contributed by atoms with Crippen LogP contribution in [0.15, 0.2) is 12.1 Å². The van der Waals surface area contributed by atoms with Gasteiger partial charge in [-0.1, -0.05) is 34.8 Å². The van der Waals surface area contributed by atoms with Crippen LogP contribution in [0.25, 0.3) is 0 Å². The summed E-state index contributed by atoms with van der Waals surface area (Å²) in [6.07, 6.45) is 2.71. The van der Waals surface area contributed by atoms with Crippen LogP contribution in [0.4, 0.5) is 0 Å². The number of nitrogens with two attached hydrogens (primary N) is 1. The molecule has 25 heavy (non-hydrogen) atoms. The first-order chi connectivity index (χ1) is 11.5. The fraction of sp³-hybridized carbons (Fsp3) is 0.562. The first-order valence-corrected chi connectivity index (χ1v) is 9.01. The number of likely N-dealkylation sites (tertiary alicyclic amines) is 1. The molecule has 0 saturated carbocycles. The molecule has 0 spiro atoms. The molecule has 1 heterocycles. The lowest BCUT2D eigenvalue weighted by Crippen LogP contribution is -2.43. The Bertz CT molecular complexity index is 567. The number of hydrogen-bond donors (Lipinski definition) is 1. The molecule has 5 nitrogen and oxygen atoms in total. The smallest absolute Gasteiger partial charge is 0.260 e. The van der Waals surface area contributed by atoms with Gasteiger partial charge in [0.25, 0.3) is 5.91 Å². The van der Waals surface area contributed by atoms with Crippen molar-refractivity contribution in [3.63, 3.8) is 0 Å². The van der Waals surface area contributed by atoms with E-state index in [1.54, 1.807) is 4.90 Å². The van der Waals surface area contributed by atoms with E-state index >= 15 is 0 Å². The van der Waals surface area contributed by atoms with Gasteiger partial charge in [0.05, 0.1) is 21.2 Å². The minimum Gasteiger partial charge on any atom is -0.482 e. The Labute approximate surface area is 169 Å². The molecule has 1 aliphatic heterocycles. The summed E-state index contributed by atoms with van der Waals surface area (Å²) in [7, 11) is 0. The highest BCUT2D eigenvalue weighted by molar-refractivity contribution is 6.43. The molecule has 0 radical (unpaired) electrons. The van der Waals surface area contributed by atoms with E-state index in [2.05, 4.69) is 0 Å². The van der Waals surface area contributed by atoms with Crippen LogP contribution in [0.2, 0.25) is 15.1 Å². The van der Waals surface area contributed by atoms with Gasteiger partial charge in [-0.25, -0.2) is 0 Å². The fourth-order valence-corrected chi connectivity index (χ4v) is 3.04. The molecule has 0 aromatic heterocycles. The van der Waals surface area contributed by atoms with E-state index in [4.69, 9.17) is 50.0 Å². The van der Waals surface area contributed by atoms with Crippen molar-refractivity contribution >= 4 is 53.1 Å². The molecule has 1 saturated heterocycles. The van der Waals surface area contributed by atoms with Crippen molar-refractivity contribution in [3.8, 4) is 5.75 Å². The van der Waals surface area contributed by atoms with Gasteiger partial charge in [0.15, 0.2) is 6.61 Å². The lowest BCUT2D eigenvalue weighted by molar-refractivity contribution is -0.136. The van der Waals surface area contributed by atoms with E-state index in [1.165, 1.54) is 12.1 Å². The first-order valence-electron chi connectivity index (χ1n) is 7.88. The van der Waals surface area contributed by atoms with Crippen LogP contribution in [-0.2, 0) is 9.53 Å². The largest absolute Gasteiger partial charge is 0.482 e. The normalized spacial score (nSPS) is 15.0. The topological polar surface area (TPSA) is 64.8 Å². The maximum atomic E-state index is 12.2. The molecule has 0 bridgehead atoms. The van der Waals surface area contributed by atoms with E-state index in [1.807, 2.05) is 0 Å². The van der Waals surface area contributed by atoms with E-state index in [0.717, 1.165) is 19.3 Å². The summed E-state index contributed by atoms with van der Waals surface area (Å²) in [6, 6.07) is 3.01. The average Bonchev–Trinajstić information content (AvgIpc) is 2.57. The molecular weight excluding hydrogens is 410 g/mol. The third-order valence-electron chi connectivity index (χ3n) is 3.82. The number of carbonyl (C=O) groups is 1. The van der Waals surface area contributed by atoms with Gasteiger partial charge in [-0.15, -0.1) is 12.4 Å². The van der Waals surface area contributed by atoms with Crippen LogP contribution < -0.4 is 10.5 Å².